The minimum absolute atomic E-state index is 0.271. The highest BCUT2D eigenvalue weighted by molar-refractivity contribution is 7.98. The lowest BCUT2D eigenvalue weighted by molar-refractivity contribution is 0.0952. The summed E-state index contributed by atoms with van der Waals surface area (Å²) in [5.41, 5.74) is 2.44. The van der Waals surface area contributed by atoms with Crippen molar-refractivity contribution in [3.05, 3.63) is 47.9 Å². The Morgan fingerprint density at radius 1 is 1.29 bits per heavy atom. The van der Waals surface area contributed by atoms with Gasteiger partial charge in [0.25, 0.3) is 5.91 Å². The monoisotopic (exact) mass is 326 g/mol. The highest BCUT2D eigenvalue weighted by Crippen LogP contribution is 2.26. The molecular formula is C13H14N2O4S2. The number of nitrogens with one attached hydrogen (secondary N) is 1. The quantitative estimate of drug-likeness (QED) is 0.374. The Hall–Kier alpha value is -1.77. The van der Waals surface area contributed by atoms with Crippen molar-refractivity contribution in [2.75, 3.05) is 6.26 Å². The topological polar surface area (TPSA) is 102 Å². The SMILES string of the molecule is CS(=O)(=O)c1ccc(SCc2occc2C(=O)NN)cc1. The minimum Gasteiger partial charge on any atom is -0.468 e. The third-order valence-electron chi connectivity index (χ3n) is 2.74. The molecule has 0 radical (unpaired) electrons. The van der Waals surface area contributed by atoms with Crippen LogP contribution in [0.5, 0.6) is 0 Å². The van der Waals surface area contributed by atoms with Crippen molar-refractivity contribution < 1.29 is 17.6 Å². The van der Waals surface area contributed by atoms with E-state index in [1.807, 2.05) is 0 Å². The molecule has 0 spiro atoms. The molecule has 0 aliphatic heterocycles. The number of carbonyl (C=O) groups excluding carboxylic acids is 1. The molecule has 0 atom stereocenters. The normalized spacial score (nSPS) is 11.3. The molecule has 1 aromatic heterocycles. The largest absolute Gasteiger partial charge is 0.468 e. The first-order valence-corrected chi connectivity index (χ1v) is 8.80. The Balaban J connectivity index is 2.07. The van der Waals surface area contributed by atoms with Gasteiger partial charge in [0, 0.05) is 11.2 Å². The van der Waals surface area contributed by atoms with E-state index in [0.717, 1.165) is 11.2 Å². The van der Waals surface area contributed by atoms with Crippen LogP contribution < -0.4 is 11.3 Å². The zero-order chi connectivity index (χ0) is 15.5. The van der Waals surface area contributed by atoms with Crippen molar-refractivity contribution in [3.63, 3.8) is 0 Å². The molecule has 1 heterocycles. The molecule has 1 amide bonds. The standard InChI is InChI=1S/C13H14N2O4S2/c1-21(17,18)10-4-2-9(3-5-10)20-8-12-11(6-7-19-12)13(16)15-14/h2-7H,8,14H2,1H3,(H,15,16). The molecule has 6 nitrogen and oxygen atoms in total. The van der Waals surface area contributed by atoms with Crippen molar-refractivity contribution in [2.45, 2.75) is 15.5 Å². The van der Waals surface area contributed by atoms with E-state index in [1.165, 1.54) is 18.0 Å². The van der Waals surface area contributed by atoms with Crippen molar-refractivity contribution in [3.8, 4) is 0 Å². The van der Waals surface area contributed by atoms with Crippen molar-refractivity contribution >= 4 is 27.5 Å². The fourth-order valence-electron chi connectivity index (χ4n) is 1.66. The van der Waals surface area contributed by atoms with Crippen molar-refractivity contribution in [1.29, 1.82) is 0 Å². The Morgan fingerprint density at radius 2 is 1.95 bits per heavy atom. The van der Waals surface area contributed by atoms with E-state index in [2.05, 4.69) is 5.43 Å². The molecule has 0 saturated carbocycles. The van der Waals surface area contributed by atoms with Gasteiger partial charge in [0.1, 0.15) is 5.76 Å². The summed E-state index contributed by atoms with van der Waals surface area (Å²) in [4.78, 5) is 12.6. The highest BCUT2D eigenvalue weighted by atomic mass is 32.2. The first kappa shape index (κ1) is 15.6. The number of hydrogen-bond donors (Lipinski definition) is 2. The molecule has 0 aliphatic rings. The van der Waals surface area contributed by atoms with Gasteiger partial charge in [-0.05, 0) is 30.3 Å². The number of nitrogens with two attached hydrogens (primary N) is 1. The van der Waals surface area contributed by atoms with Crippen LogP contribution in [-0.2, 0) is 15.6 Å². The number of hydrogen-bond acceptors (Lipinski definition) is 6. The molecule has 0 fully saturated rings. The van der Waals surface area contributed by atoms with Crippen LogP contribution in [0.4, 0.5) is 0 Å². The molecule has 2 rings (SSSR count). The lowest BCUT2D eigenvalue weighted by Gasteiger charge is -2.03. The van der Waals surface area contributed by atoms with Gasteiger partial charge in [-0.25, -0.2) is 14.3 Å². The Morgan fingerprint density at radius 3 is 2.52 bits per heavy atom. The van der Waals surface area contributed by atoms with Gasteiger partial charge < -0.3 is 4.42 Å². The number of thioether (sulfide) groups is 1. The molecule has 0 bridgehead atoms. The fourth-order valence-corrected chi connectivity index (χ4v) is 3.14. The summed E-state index contributed by atoms with van der Waals surface area (Å²) in [6.45, 7) is 0. The third-order valence-corrected chi connectivity index (χ3v) is 4.88. The maximum Gasteiger partial charge on any atom is 0.268 e. The summed E-state index contributed by atoms with van der Waals surface area (Å²) < 4.78 is 28.0. The molecule has 8 heteroatoms. The molecule has 1 aromatic carbocycles. The molecule has 112 valence electrons. The Labute approximate surface area is 126 Å². The minimum atomic E-state index is -3.19. The zero-order valence-electron chi connectivity index (χ0n) is 11.2. The fraction of sp³-hybridized carbons (Fsp3) is 0.154. The van der Waals surface area contributed by atoms with Crippen LogP contribution in [-0.4, -0.2) is 20.6 Å². The second-order valence-corrected chi connectivity index (χ2v) is 7.33. The lowest BCUT2D eigenvalue weighted by atomic mass is 10.2. The van der Waals surface area contributed by atoms with E-state index in [0.29, 0.717) is 17.1 Å². The van der Waals surface area contributed by atoms with E-state index in [4.69, 9.17) is 10.3 Å². The molecule has 0 saturated heterocycles. The first-order chi connectivity index (χ1) is 9.91. The highest BCUT2D eigenvalue weighted by Gasteiger charge is 2.14. The van der Waals surface area contributed by atoms with Crippen molar-refractivity contribution in [1.82, 2.24) is 5.43 Å². The Bertz CT molecular complexity index is 736. The van der Waals surface area contributed by atoms with Gasteiger partial charge >= 0.3 is 0 Å². The van der Waals surface area contributed by atoms with Crippen LogP contribution in [0.25, 0.3) is 0 Å². The smallest absolute Gasteiger partial charge is 0.268 e. The van der Waals surface area contributed by atoms with Gasteiger partial charge in [-0.3, -0.25) is 10.2 Å². The predicted molar refractivity (Wildman–Crippen MR) is 79.5 cm³/mol. The molecule has 0 unspecified atom stereocenters. The number of benzene rings is 1. The number of sulfone groups is 1. The van der Waals surface area contributed by atoms with Gasteiger partial charge in [-0.2, -0.15) is 0 Å². The molecular weight excluding hydrogens is 312 g/mol. The molecule has 21 heavy (non-hydrogen) atoms. The van der Waals surface area contributed by atoms with Gasteiger partial charge in [-0.1, -0.05) is 0 Å². The first-order valence-electron chi connectivity index (χ1n) is 5.92. The summed E-state index contributed by atoms with van der Waals surface area (Å²) >= 11 is 1.43. The number of furan rings is 1. The van der Waals surface area contributed by atoms with Crippen LogP contribution in [0.2, 0.25) is 0 Å². The number of rotatable bonds is 5. The average Bonchev–Trinajstić information content (AvgIpc) is 2.92. The third kappa shape index (κ3) is 3.87. The number of amides is 1. The van der Waals surface area contributed by atoms with Crippen LogP contribution >= 0.6 is 11.8 Å². The summed E-state index contributed by atoms with van der Waals surface area (Å²) in [5.74, 6) is 5.63. The van der Waals surface area contributed by atoms with Crippen LogP contribution in [0.15, 0.2) is 50.8 Å². The molecule has 3 N–H and O–H groups in total. The summed E-state index contributed by atoms with van der Waals surface area (Å²) in [7, 11) is -3.19. The van der Waals surface area contributed by atoms with E-state index >= 15 is 0 Å². The summed E-state index contributed by atoms with van der Waals surface area (Å²) in [6.07, 6.45) is 2.59. The van der Waals surface area contributed by atoms with Crippen LogP contribution in [0, 0.1) is 0 Å². The lowest BCUT2D eigenvalue weighted by Crippen LogP contribution is -2.30. The maximum absolute atomic E-state index is 11.5. The summed E-state index contributed by atoms with van der Waals surface area (Å²) in [6, 6.07) is 8.07. The van der Waals surface area contributed by atoms with Crippen LogP contribution in [0.1, 0.15) is 16.1 Å². The average molecular weight is 326 g/mol. The molecule has 0 aliphatic carbocycles. The van der Waals surface area contributed by atoms with E-state index in [9.17, 15) is 13.2 Å². The van der Waals surface area contributed by atoms with E-state index in [-0.39, 0.29) is 4.90 Å². The van der Waals surface area contributed by atoms with Crippen LogP contribution in [0.3, 0.4) is 0 Å². The number of nitrogen functional groups attached to an aromatic ring is 1. The number of hydrazine groups is 1. The number of carbonyl (C=O) groups is 1. The van der Waals surface area contributed by atoms with Gasteiger partial charge in [0.05, 0.1) is 22.5 Å². The van der Waals surface area contributed by atoms with E-state index < -0.39 is 15.7 Å². The maximum atomic E-state index is 11.5. The zero-order valence-corrected chi connectivity index (χ0v) is 12.8. The molecule has 2 aromatic rings. The van der Waals surface area contributed by atoms with Crippen molar-refractivity contribution in [2.24, 2.45) is 5.84 Å². The van der Waals surface area contributed by atoms with Gasteiger partial charge in [-0.15, -0.1) is 11.8 Å². The Kier molecular flexibility index (Phi) is 4.71. The predicted octanol–water partition coefficient (Wildman–Crippen LogP) is 1.58. The summed E-state index contributed by atoms with van der Waals surface area (Å²) in [5, 5.41) is 0. The second kappa shape index (κ2) is 6.33. The van der Waals surface area contributed by atoms with E-state index in [1.54, 1.807) is 30.3 Å². The van der Waals surface area contributed by atoms with Gasteiger partial charge in [0.2, 0.25) is 0 Å². The van der Waals surface area contributed by atoms with Gasteiger partial charge in [0.15, 0.2) is 9.84 Å². The second-order valence-electron chi connectivity index (χ2n) is 4.26.